The third-order valence-corrected chi connectivity index (χ3v) is 4.96. The van der Waals surface area contributed by atoms with E-state index in [9.17, 15) is 22.8 Å². The molecule has 1 N–H and O–H groups in total. The largest absolute Gasteiger partial charge is 0.459 e. The van der Waals surface area contributed by atoms with E-state index in [0.29, 0.717) is 39.1 Å². The van der Waals surface area contributed by atoms with Crippen LogP contribution in [0.5, 0.6) is 0 Å². The van der Waals surface area contributed by atoms with E-state index in [1.807, 2.05) is 0 Å². The lowest BCUT2D eigenvalue weighted by molar-refractivity contribution is -0.137. The van der Waals surface area contributed by atoms with E-state index in [0.717, 1.165) is 12.3 Å². The van der Waals surface area contributed by atoms with Crippen LogP contribution in [0.1, 0.15) is 29.0 Å². The highest BCUT2D eigenvalue weighted by atomic mass is 35.5. The monoisotopic (exact) mass is 444 g/mol. The van der Waals surface area contributed by atoms with Crippen molar-refractivity contribution in [3.05, 3.63) is 47.0 Å². The minimum absolute atomic E-state index is 0.0478. The molecule has 3 heterocycles. The average molecular weight is 445 g/mol. The van der Waals surface area contributed by atoms with Crippen LogP contribution in [0, 0.1) is 0 Å². The van der Waals surface area contributed by atoms with Gasteiger partial charge in [0.1, 0.15) is 5.82 Å². The van der Waals surface area contributed by atoms with Crippen molar-refractivity contribution < 1.29 is 27.2 Å². The van der Waals surface area contributed by atoms with Gasteiger partial charge in [0, 0.05) is 45.3 Å². The van der Waals surface area contributed by atoms with Crippen LogP contribution in [0.25, 0.3) is 0 Å². The molecule has 11 heteroatoms. The summed E-state index contributed by atoms with van der Waals surface area (Å²) in [5.74, 6) is 0.112. The summed E-state index contributed by atoms with van der Waals surface area (Å²) in [5, 5.41) is 2.61. The maximum atomic E-state index is 12.7. The maximum Gasteiger partial charge on any atom is 0.417 e. The minimum Gasteiger partial charge on any atom is -0.459 e. The molecule has 1 aliphatic heterocycles. The van der Waals surface area contributed by atoms with Crippen molar-refractivity contribution in [2.24, 2.45) is 0 Å². The van der Waals surface area contributed by atoms with E-state index < -0.39 is 11.7 Å². The topological polar surface area (TPSA) is 78.7 Å². The smallest absolute Gasteiger partial charge is 0.417 e. The molecule has 7 nitrogen and oxygen atoms in total. The SMILES string of the molecule is O=C(NCCCC(=O)N1CCN(c2ncc(C(F)(F)F)cc2Cl)CC1)c1ccco1. The zero-order valence-corrected chi connectivity index (χ0v) is 16.7. The lowest BCUT2D eigenvalue weighted by Crippen LogP contribution is -2.49. The van der Waals surface area contributed by atoms with Crippen LogP contribution < -0.4 is 10.2 Å². The van der Waals surface area contributed by atoms with Crippen LogP contribution in [-0.4, -0.2) is 54.4 Å². The number of piperazine rings is 1. The van der Waals surface area contributed by atoms with Crippen LogP contribution in [0.15, 0.2) is 35.1 Å². The fourth-order valence-electron chi connectivity index (χ4n) is 3.08. The second kappa shape index (κ2) is 9.38. The van der Waals surface area contributed by atoms with Gasteiger partial charge in [-0.05, 0) is 24.6 Å². The summed E-state index contributed by atoms with van der Waals surface area (Å²) in [5.41, 5.74) is -0.899. The number of halogens is 4. The Kier molecular flexibility index (Phi) is 6.86. The summed E-state index contributed by atoms with van der Waals surface area (Å²) in [6.45, 7) is 2.00. The number of rotatable bonds is 6. The zero-order chi connectivity index (χ0) is 21.7. The third-order valence-electron chi connectivity index (χ3n) is 4.68. The molecule has 2 amide bonds. The molecule has 3 rings (SSSR count). The van der Waals surface area contributed by atoms with Gasteiger partial charge >= 0.3 is 6.18 Å². The number of anilines is 1. The van der Waals surface area contributed by atoms with Gasteiger partial charge in [0.05, 0.1) is 16.8 Å². The van der Waals surface area contributed by atoms with E-state index >= 15 is 0 Å². The lowest BCUT2D eigenvalue weighted by atomic mass is 10.2. The van der Waals surface area contributed by atoms with Crippen LogP contribution in [-0.2, 0) is 11.0 Å². The minimum atomic E-state index is -4.50. The molecule has 2 aromatic rings. The molecule has 0 unspecified atom stereocenters. The number of alkyl halides is 3. The Morgan fingerprint density at radius 3 is 2.57 bits per heavy atom. The summed E-state index contributed by atoms with van der Waals surface area (Å²) < 4.78 is 43.2. The van der Waals surface area contributed by atoms with Gasteiger partial charge in [-0.1, -0.05) is 11.6 Å². The van der Waals surface area contributed by atoms with Crippen molar-refractivity contribution in [1.82, 2.24) is 15.2 Å². The Morgan fingerprint density at radius 1 is 1.23 bits per heavy atom. The summed E-state index contributed by atoms with van der Waals surface area (Å²) in [7, 11) is 0. The van der Waals surface area contributed by atoms with Gasteiger partial charge in [-0.15, -0.1) is 0 Å². The predicted molar refractivity (Wildman–Crippen MR) is 103 cm³/mol. The molecule has 162 valence electrons. The van der Waals surface area contributed by atoms with Crippen molar-refractivity contribution in [3.63, 3.8) is 0 Å². The number of carbonyl (C=O) groups is 2. The summed E-state index contributed by atoms with van der Waals surface area (Å²) in [6.07, 6.45) is -1.57. The molecule has 0 radical (unpaired) electrons. The zero-order valence-electron chi connectivity index (χ0n) is 15.9. The van der Waals surface area contributed by atoms with Crippen molar-refractivity contribution in [1.29, 1.82) is 0 Å². The molecule has 1 aliphatic rings. The van der Waals surface area contributed by atoms with Crippen molar-refractivity contribution >= 4 is 29.2 Å². The van der Waals surface area contributed by atoms with Crippen LogP contribution in [0.4, 0.5) is 19.0 Å². The quantitative estimate of drug-likeness (QED) is 0.692. The van der Waals surface area contributed by atoms with Crippen LogP contribution >= 0.6 is 11.6 Å². The van der Waals surface area contributed by atoms with E-state index in [1.165, 1.54) is 6.26 Å². The fourth-order valence-corrected chi connectivity index (χ4v) is 3.37. The number of pyridine rings is 1. The number of hydrogen-bond acceptors (Lipinski definition) is 5. The second-order valence-corrected chi connectivity index (χ2v) is 7.14. The lowest BCUT2D eigenvalue weighted by Gasteiger charge is -2.36. The van der Waals surface area contributed by atoms with E-state index in [2.05, 4.69) is 10.3 Å². The van der Waals surface area contributed by atoms with E-state index in [-0.39, 0.29) is 34.8 Å². The molecule has 2 aromatic heterocycles. The molecular weight excluding hydrogens is 425 g/mol. The molecule has 1 fully saturated rings. The molecule has 1 saturated heterocycles. The van der Waals surface area contributed by atoms with Crippen molar-refractivity contribution in [2.75, 3.05) is 37.6 Å². The first kappa shape index (κ1) is 21.9. The molecular formula is C19H20ClF3N4O3. The van der Waals surface area contributed by atoms with Crippen LogP contribution in [0.3, 0.4) is 0 Å². The number of hydrogen-bond donors (Lipinski definition) is 1. The molecule has 0 saturated carbocycles. The number of amides is 2. The van der Waals surface area contributed by atoms with Gasteiger partial charge < -0.3 is 19.5 Å². The summed E-state index contributed by atoms with van der Waals surface area (Å²) >= 11 is 5.99. The molecule has 30 heavy (non-hydrogen) atoms. The first-order valence-electron chi connectivity index (χ1n) is 9.33. The van der Waals surface area contributed by atoms with Crippen molar-refractivity contribution in [3.8, 4) is 0 Å². The Hall–Kier alpha value is -2.75. The number of aromatic nitrogens is 1. The molecule has 0 aliphatic carbocycles. The predicted octanol–water partition coefficient (Wildman–Crippen LogP) is 3.21. The number of carbonyl (C=O) groups excluding carboxylic acids is 2. The van der Waals surface area contributed by atoms with Gasteiger partial charge in [-0.3, -0.25) is 9.59 Å². The van der Waals surface area contributed by atoms with Crippen LogP contribution in [0.2, 0.25) is 5.02 Å². The number of nitrogens with zero attached hydrogens (tertiary/aromatic N) is 3. The molecule has 0 bridgehead atoms. The molecule has 0 atom stereocenters. The van der Waals surface area contributed by atoms with Gasteiger partial charge in [0.15, 0.2) is 5.76 Å². The third kappa shape index (κ3) is 5.44. The first-order valence-corrected chi connectivity index (χ1v) is 9.70. The van der Waals surface area contributed by atoms with E-state index in [1.54, 1.807) is 21.9 Å². The number of nitrogens with one attached hydrogen (secondary N) is 1. The van der Waals surface area contributed by atoms with E-state index in [4.69, 9.17) is 16.0 Å². The molecule has 0 aromatic carbocycles. The second-order valence-electron chi connectivity index (χ2n) is 6.73. The van der Waals surface area contributed by atoms with Gasteiger partial charge in [0.25, 0.3) is 5.91 Å². The maximum absolute atomic E-state index is 12.7. The fraction of sp³-hybridized carbons (Fsp3) is 0.421. The normalized spacial score (nSPS) is 14.7. The number of furan rings is 1. The van der Waals surface area contributed by atoms with Gasteiger partial charge in [-0.2, -0.15) is 13.2 Å². The highest BCUT2D eigenvalue weighted by Crippen LogP contribution is 2.33. The standard InChI is InChI=1S/C19H20ClF3N4O3/c20-14-11-13(19(21,22)23)12-25-17(14)27-8-6-26(7-9-27)16(28)4-1-5-24-18(29)15-3-2-10-30-15/h2-3,10-12H,1,4-9H2,(H,24,29). The molecule has 0 spiro atoms. The first-order chi connectivity index (χ1) is 14.3. The highest BCUT2D eigenvalue weighted by molar-refractivity contribution is 6.33. The highest BCUT2D eigenvalue weighted by Gasteiger charge is 2.32. The Morgan fingerprint density at radius 2 is 1.97 bits per heavy atom. The Labute approximate surface area is 175 Å². The average Bonchev–Trinajstić information content (AvgIpc) is 3.25. The Balaban J connectivity index is 1.42. The van der Waals surface area contributed by atoms with Gasteiger partial charge in [-0.25, -0.2) is 4.98 Å². The van der Waals surface area contributed by atoms with Gasteiger partial charge in [0.2, 0.25) is 5.91 Å². The van der Waals surface area contributed by atoms with Crippen molar-refractivity contribution in [2.45, 2.75) is 19.0 Å². The summed E-state index contributed by atoms with van der Waals surface area (Å²) in [6, 6.07) is 4.03. The Bertz CT molecular complexity index is 882. The summed E-state index contributed by atoms with van der Waals surface area (Å²) in [4.78, 5) is 31.4.